The zero-order chi connectivity index (χ0) is 12.5. The van der Waals surface area contributed by atoms with Gasteiger partial charge in [0.2, 0.25) is 0 Å². The summed E-state index contributed by atoms with van der Waals surface area (Å²) in [7, 11) is 2.07. The lowest BCUT2D eigenvalue weighted by molar-refractivity contribution is 0.0963. The number of halogens is 3. The zero-order valence-electron chi connectivity index (χ0n) is 7.92. The van der Waals surface area contributed by atoms with Crippen molar-refractivity contribution in [3.05, 3.63) is 28.5 Å². The molecule has 88 valence electrons. The lowest BCUT2D eigenvalue weighted by Gasteiger charge is -2.05. The SMILES string of the molecule is CNC(=O)c1cc(S(=O)(=O)Cl)c(F)cc1Cl. The summed E-state index contributed by atoms with van der Waals surface area (Å²) in [4.78, 5) is 10.5. The number of carbonyl (C=O) groups is 1. The van der Waals surface area contributed by atoms with Gasteiger partial charge in [0.05, 0.1) is 10.6 Å². The predicted octanol–water partition coefficient (Wildman–Crippen LogP) is 1.77. The summed E-state index contributed by atoms with van der Waals surface area (Å²) in [6.45, 7) is 0. The number of rotatable bonds is 2. The molecule has 1 aromatic carbocycles. The van der Waals surface area contributed by atoms with Gasteiger partial charge in [-0.05, 0) is 12.1 Å². The summed E-state index contributed by atoms with van der Waals surface area (Å²) in [5.74, 6) is -1.74. The van der Waals surface area contributed by atoms with Gasteiger partial charge < -0.3 is 5.32 Å². The van der Waals surface area contributed by atoms with Crippen LogP contribution < -0.4 is 5.32 Å². The monoisotopic (exact) mass is 285 g/mol. The van der Waals surface area contributed by atoms with Crippen LogP contribution in [0.5, 0.6) is 0 Å². The normalized spacial score (nSPS) is 11.2. The number of nitrogens with one attached hydrogen (secondary N) is 1. The first-order valence-corrected chi connectivity index (χ1v) is 6.62. The Kier molecular flexibility index (Phi) is 3.77. The molecule has 1 rings (SSSR count). The Morgan fingerprint density at radius 1 is 1.44 bits per heavy atom. The van der Waals surface area contributed by atoms with E-state index in [0.717, 1.165) is 12.1 Å². The van der Waals surface area contributed by atoms with Gasteiger partial charge in [0, 0.05) is 17.7 Å². The maximum absolute atomic E-state index is 13.2. The lowest BCUT2D eigenvalue weighted by Crippen LogP contribution is -2.19. The number of benzene rings is 1. The van der Waals surface area contributed by atoms with Crippen LogP contribution in [0, 0.1) is 5.82 Å². The second-order valence-electron chi connectivity index (χ2n) is 2.78. The molecule has 0 saturated heterocycles. The highest BCUT2D eigenvalue weighted by molar-refractivity contribution is 8.13. The van der Waals surface area contributed by atoms with Crippen LogP contribution in [0.15, 0.2) is 17.0 Å². The molecule has 1 N–H and O–H groups in total. The van der Waals surface area contributed by atoms with Gasteiger partial charge in [-0.3, -0.25) is 4.79 Å². The number of amides is 1. The fourth-order valence-corrected chi connectivity index (χ4v) is 2.17. The zero-order valence-corrected chi connectivity index (χ0v) is 10.2. The first-order chi connectivity index (χ1) is 7.27. The van der Waals surface area contributed by atoms with E-state index in [1.807, 2.05) is 0 Å². The second-order valence-corrected chi connectivity index (χ2v) is 5.72. The van der Waals surface area contributed by atoms with Crippen LogP contribution in [0.3, 0.4) is 0 Å². The van der Waals surface area contributed by atoms with Gasteiger partial charge in [0.25, 0.3) is 15.0 Å². The van der Waals surface area contributed by atoms with Crippen molar-refractivity contribution in [3.63, 3.8) is 0 Å². The van der Waals surface area contributed by atoms with Crippen LogP contribution in [-0.4, -0.2) is 21.4 Å². The molecule has 0 unspecified atom stereocenters. The van der Waals surface area contributed by atoms with Crippen molar-refractivity contribution in [2.45, 2.75) is 4.90 Å². The van der Waals surface area contributed by atoms with E-state index in [2.05, 4.69) is 5.32 Å². The van der Waals surface area contributed by atoms with Crippen molar-refractivity contribution in [2.75, 3.05) is 7.05 Å². The number of hydrogen-bond acceptors (Lipinski definition) is 3. The van der Waals surface area contributed by atoms with Gasteiger partial charge in [0.15, 0.2) is 0 Å². The van der Waals surface area contributed by atoms with E-state index >= 15 is 0 Å². The quantitative estimate of drug-likeness (QED) is 0.843. The molecule has 1 amide bonds. The molecule has 0 radical (unpaired) electrons. The summed E-state index contributed by atoms with van der Waals surface area (Å²) in [5.41, 5.74) is -0.162. The van der Waals surface area contributed by atoms with E-state index in [1.165, 1.54) is 7.05 Å². The van der Waals surface area contributed by atoms with Crippen LogP contribution in [0.25, 0.3) is 0 Å². The summed E-state index contributed by atoms with van der Waals surface area (Å²) in [5, 5.41) is 2.04. The third kappa shape index (κ3) is 2.63. The summed E-state index contributed by atoms with van der Waals surface area (Å²) in [6, 6.07) is 1.51. The Balaban J connectivity index is 3.51. The number of carbonyl (C=O) groups excluding carboxylic acids is 1. The Bertz CT molecular complexity index is 544. The van der Waals surface area contributed by atoms with Crippen LogP contribution in [0.1, 0.15) is 10.4 Å². The van der Waals surface area contributed by atoms with E-state index in [1.54, 1.807) is 0 Å². The fraction of sp³-hybridized carbons (Fsp3) is 0.125. The van der Waals surface area contributed by atoms with Crippen LogP contribution in [0.4, 0.5) is 4.39 Å². The molecule has 0 spiro atoms. The minimum atomic E-state index is -4.26. The third-order valence-electron chi connectivity index (χ3n) is 1.76. The van der Waals surface area contributed by atoms with E-state index in [9.17, 15) is 17.6 Å². The molecule has 8 heteroatoms. The minimum Gasteiger partial charge on any atom is -0.355 e. The summed E-state index contributed by atoms with van der Waals surface area (Å²) >= 11 is 5.59. The molecular formula is C8H6Cl2FNO3S. The first-order valence-electron chi connectivity index (χ1n) is 3.93. The minimum absolute atomic E-state index is 0.162. The van der Waals surface area contributed by atoms with Crippen molar-refractivity contribution in [1.82, 2.24) is 5.32 Å². The van der Waals surface area contributed by atoms with Crippen molar-refractivity contribution in [3.8, 4) is 0 Å². The molecular weight excluding hydrogens is 280 g/mol. The Hall–Kier alpha value is -0.850. The topological polar surface area (TPSA) is 63.2 Å². The molecule has 0 aliphatic carbocycles. The maximum atomic E-state index is 13.2. The molecule has 4 nitrogen and oxygen atoms in total. The predicted molar refractivity (Wildman–Crippen MR) is 57.8 cm³/mol. The molecule has 0 fully saturated rings. The molecule has 0 heterocycles. The van der Waals surface area contributed by atoms with Crippen molar-refractivity contribution >= 4 is 37.2 Å². The van der Waals surface area contributed by atoms with E-state index in [4.69, 9.17) is 22.3 Å². The Labute approximate surface area is 101 Å². The van der Waals surface area contributed by atoms with Crippen molar-refractivity contribution < 1.29 is 17.6 Å². The smallest absolute Gasteiger partial charge is 0.264 e. The third-order valence-corrected chi connectivity index (χ3v) is 3.41. The van der Waals surface area contributed by atoms with Gasteiger partial charge in [-0.25, -0.2) is 12.8 Å². The van der Waals surface area contributed by atoms with Crippen LogP contribution in [-0.2, 0) is 9.05 Å². The highest BCUT2D eigenvalue weighted by Crippen LogP contribution is 2.26. The molecule has 0 bridgehead atoms. The van der Waals surface area contributed by atoms with Crippen LogP contribution >= 0.6 is 22.3 Å². The first kappa shape index (κ1) is 13.2. The molecule has 1 aromatic rings. The van der Waals surface area contributed by atoms with Gasteiger partial charge >= 0.3 is 0 Å². The average molecular weight is 286 g/mol. The molecule has 0 saturated carbocycles. The van der Waals surface area contributed by atoms with Gasteiger partial charge in [-0.1, -0.05) is 11.6 Å². The highest BCUT2D eigenvalue weighted by Gasteiger charge is 2.21. The van der Waals surface area contributed by atoms with E-state index < -0.39 is 25.7 Å². The lowest BCUT2D eigenvalue weighted by atomic mass is 10.2. The fourth-order valence-electron chi connectivity index (χ4n) is 1.02. The van der Waals surface area contributed by atoms with E-state index in [-0.39, 0.29) is 10.6 Å². The van der Waals surface area contributed by atoms with Crippen molar-refractivity contribution in [2.24, 2.45) is 0 Å². The van der Waals surface area contributed by atoms with Crippen molar-refractivity contribution in [1.29, 1.82) is 0 Å². The molecule has 0 aliphatic heterocycles. The van der Waals surface area contributed by atoms with Gasteiger partial charge in [-0.2, -0.15) is 0 Å². The highest BCUT2D eigenvalue weighted by atomic mass is 35.7. The largest absolute Gasteiger partial charge is 0.355 e. The van der Waals surface area contributed by atoms with Gasteiger partial charge in [0.1, 0.15) is 10.7 Å². The second kappa shape index (κ2) is 4.57. The van der Waals surface area contributed by atoms with E-state index in [0.29, 0.717) is 0 Å². The summed E-state index contributed by atoms with van der Waals surface area (Å²) in [6.07, 6.45) is 0. The molecule has 0 aromatic heterocycles. The molecule has 0 atom stereocenters. The Morgan fingerprint density at radius 2 is 2.00 bits per heavy atom. The van der Waals surface area contributed by atoms with Gasteiger partial charge in [-0.15, -0.1) is 0 Å². The standard InChI is InChI=1S/C8H6Cl2FNO3S/c1-12-8(13)4-2-7(16(10,14)15)6(11)3-5(4)9/h2-3H,1H3,(H,12,13). The number of hydrogen-bond donors (Lipinski definition) is 1. The molecule has 0 aliphatic rings. The summed E-state index contributed by atoms with van der Waals surface area (Å²) < 4.78 is 35.2. The average Bonchev–Trinajstić information content (AvgIpc) is 2.14. The Morgan fingerprint density at radius 3 is 2.44 bits per heavy atom. The van der Waals surface area contributed by atoms with Crippen LogP contribution in [0.2, 0.25) is 5.02 Å². The maximum Gasteiger partial charge on any atom is 0.264 e. The molecule has 16 heavy (non-hydrogen) atoms.